The Kier molecular flexibility index (Phi) is 2.55. The van der Waals surface area contributed by atoms with E-state index in [0.29, 0.717) is 16.2 Å². The predicted octanol–water partition coefficient (Wildman–Crippen LogP) is 0.540. The van der Waals surface area contributed by atoms with E-state index in [4.69, 9.17) is 5.11 Å². The fourth-order valence-electron chi connectivity index (χ4n) is 1.16. The molecule has 7 heteroatoms. The monoisotopic (exact) mass is 224 g/mol. The van der Waals surface area contributed by atoms with Crippen LogP contribution >= 0.6 is 11.8 Å². The van der Waals surface area contributed by atoms with Gasteiger partial charge in [0, 0.05) is 7.05 Å². The van der Waals surface area contributed by atoms with Crippen LogP contribution < -0.4 is 0 Å². The van der Waals surface area contributed by atoms with Crippen molar-refractivity contribution in [2.75, 3.05) is 5.75 Å². The van der Waals surface area contributed by atoms with Gasteiger partial charge in [-0.3, -0.25) is 4.79 Å². The SMILES string of the molecule is Cn1cnc2c(SCC(=O)O)ncnc21. The number of aliphatic carboxylic acids is 1. The van der Waals surface area contributed by atoms with Crippen molar-refractivity contribution in [3.8, 4) is 0 Å². The summed E-state index contributed by atoms with van der Waals surface area (Å²) >= 11 is 1.14. The van der Waals surface area contributed by atoms with E-state index in [1.54, 1.807) is 10.9 Å². The number of aromatic nitrogens is 4. The molecule has 2 rings (SSSR count). The van der Waals surface area contributed by atoms with Crippen molar-refractivity contribution in [3.05, 3.63) is 12.7 Å². The van der Waals surface area contributed by atoms with Crippen LogP contribution in [0.15, 0.2) is 17.7 Å². The van der Waals surface area contributed by atoms with E-state index in [9.17, 15) is 4.79 Å². The maximum Gasteiger partial charge on any atom is 0.313 e. The van der Waals surface area contributed by atoms with Crippen LogP contribution in [0.5, 0.6) is 0 Å². The highest BCUT2D eigenvalue weighted by Gasteiger charge is 2.09. The zero-order chi connectivity index (χ0) is 10.8. The smallest absolute Gasteiger partial charge is 0.313 e. The Morgan fingerprint density at radius 2 is 2.33 bits per heavy atom. The molecule has 78 valence electrons. The molecule has 0 radical (unpaired) electrons. The number of carboxylic acids is 1. The quantitative estimate of drug-likeness (QED) is 0.605. The first-order valence-corrected chi connectivity index (χ1v) is 5.13. The fraction of sp³-hybridized carbons (Fsp3) is 0.250. The van der Waals surface area contributed by atoms with Gasteiger partial charge in [0.25, 0.3) is 0 Å². The topological polar surface area (TPSA) is 80.9 Å². The molecule has 0 amide bonds. The zero-order valence-electron chi connectivity index (χ0n) is 7.91. The first-order valence-electron chi connectivity index (χ1n) is 4.15. The second kappa shape index (κ2) is 3.85. The number of nitrogens with zero attached hydrogens (tertiary/aromatic N) is 4. The van der Waals surface area contributed by atoms with Gasteiger partial charge in [-0.25, -0.2) is 15.0 Å². The first-order chi connectivity index (χ1) is 7.18. The van der Waals surface area contributed by atoms with Crippen LogP contribution in [0.4, 0.5) is 0 Å². The Morgan fingerprint density at radius 1 is 1.53 bits per heavy atom. The summed E-state index contributed by atoms with van der Waals surface area (Å²) in [6.07, 6.45) is 3.04. The second-order valence-corrected chi connectivity index (χ2v) is 3.85. The first kappa shape index (κ1) is 9.91. The van der Waals surface area contributed by atoms with E-state index in [0.717, 1.165) is 11.8 Å². The molecule has 0 saturated carbocycles. The minimum Gasteiger partial charge on any atom is -0.481 e. The van der Waals surface area contributed by atoms with E-state index in [2.05, 4.69) is 15.0 Å². The van der Waals surface area contributed by atoms with Gasteiger partial charge in [0.2, 0.25) is 0 Å². The van der Waals surface area contributed by atoms with Gasteiger partial charge in [-0.1, -0.05) is 11.8 Å². The van der Waals surface area contributed by atoms with Crippen molar-refractivity contribution in [2.45, 2.75) is 5.03 Å². The maximum atomic E-state index is 10.4. The fourth-order valence-corrected chi connectivity index (χ4v) is 1.82. The number of fused-ring (bicyclic) bond motifs is 1. The average Bonchev–Trinajstić information content (AvgIpc) is 2.58. The number of hydrogen-bond acceptors (Lipinski definition) is 5. The van der Waals surface area contributed by atoms with E-state index >= 15 is 0 Å². The van der Waals surface area contributed by atoms with Gasteiger partial charge < -0.3 is 9.67 Å². The number of rotatable bonds is 3. The van der Waals surface area contributed by atoms with Crippen LogP contribution in [0.3, 0.4) is 0 Å². The molecule has 0 aliphatic carbocycles. The Labute approximate surface area is 89.4 Å². The van der Waals surface area contributed by atoms with Gasteiger partial charge in [-0.15, -0.1) is 0 Å². The molecule has 0 spiro atoms. The lowest BCUT2D eigenvalue weighted by molar-refractivity contribution is -0.133. The summed E-state index contributed by atoms with van der Waals surface area (Å²) in [4.78, 5) is 22.6. The zero-order valence-corrected chi connectivity index (χ0v) is 8.73. The predicted molar refractivity (Wildman–Crippen MR) is 54.7 cm³/mol. The molecule has 2 aromatic rings. The normalized spacial score (nSPS) is 10.7. The second-order valence-electron chi connectivity index (χ2n) is 2.89. The summed E-state index contributed by atoms with van der Waals surface area (Å²) in [6, 6.07) is 0. The molecule has 6 nitrogen and oxygen atoms in total. The van der Waals surface area contributed by atoms with E-state index in [1.807, 2.05) is 7.05 Å². The largest absolute Gasteiger partial charge is 0.481 e. The van der Waals surface area contributed by atoms with Crippen molar-refractivity contribution in [3.63, 3.8) is 0 Å². The number of carboxylic acid groups (broad SMARTS) is 1. The van der Waals surface area contributed by atoms with Crippen LogP contribution in [0, 0.1) is 0 Å². The van der Waals surface area contributed by atoms with Crippen LogP contribution in [0.25, 0.3) is 11.2 Å². The van der Waals surface area contributed by atoms with Gasteiger partial charge in [0.15, 0.2) is 5.65 Å². The summed E-state index contributed by atoms with van der Waals surface area (Å²) in [6.45, 7) is 0. The van der Waals surface area contributed by atoms with Crippen LogP contribution in [0.2, 0.25) is 0 Å². The Hall–Kier alpha value is -1.63. The number of aryl methyl sites for hydroxylation is 1. The number of imidazole rings is 1. The van der Waals surface area contributed by atoms with E-state index in [1.165, 1.54) is 6.33 Å². The highest BCUT2D eigenvalue weighted by Crippen LogP contribution is 2.22. The number of hydrogen-bond donors (Lipinski definition) is 1. The molecule has 0 bridgehead atoms. The third-order valence-corrected chi connectivity index (χ3v) is 2.76. The molecule has 0 aliphatic rings. The van der Waals surface area contributed by atoms with E-state index in [-0.39, 0.29) is 5.75 Å². The summed E-state index contributed by atoms with van der Waals surface area (Å²) in [7, 11) is 1.83. The maximum absolute atomic E-state index is 10.4. The van der Waals surface area contributed by atoms with Crippen LogP contribution in [0.1, 0.15) is 0 Å². The van der Waals surface area contributed by atoms with Gasteiger partial charge in [-0.2, -0.15) is 0 Å². The van der Waals surface area contributed by atoms with Crippen molar-refractivity contribution in [1.82, 2.24) is 19.5 Å². The molecule has 0 saturated heterocycles. The molecule has 0 aromatic carbocycles. The molecular weight excluding hydrogens is 216 g/mol. The lowest BCUT2D eigenvalue weighted by atomic mass is 10.5. The van der Waals surface area contributed by atoms with Crippen molar-refractivity contribution < 1.29 is 9.90 Å². The van der Waals surface area contributed by atoms with Gasteiger partial charge >= 0.3 is 5.97 Å². The van der Waals surface area contributed by atoms with E-state index < -0.39 is 5.97 Å². The minimum atomic E-state index is -0.873. The molecule has 2 aromatic heterocycles. The van der Waals surface area contributed by atoms with Crippen LogP contribution in [-0.4, -0.2) is 36.3 Å². The van der Waals surface area contributed by atoms with Crippen LogP contribution in [-0.2, 0) is 11.8 Å². The number of carbonyl (C=O) groups is 1. The van der Waals surface area contributed by atoms with Crippen molar-refractivity contribution in [2.24, 2.45) is 7.05 Å². The Balaban J connectivity index is 2.38. The Morgan fingerprint density at radius 3 is 3.07 bits per heavy atom. The summed E-state index contributed by atoms with van der Waals surface area (Å²) in [5.74, 6) is -0.898. The Bertz CT molecular complexity index is 510. The summed E-state index contributed by atoms with van der Waals surface area (Å²) in [5, 5.41) is 9.16. The molecule has 1 N–H and O–H groups in total. The molecule has 0 unspecified atom stereocenters. The average molecular weight is 224 g/mol. The lowest BCUT2D eigenvalue weighted by Crippen LogP contribution is -1.99. The molecule has 0 fully saturated rings. The summed E-state index contributed by atoms with van der Waals surface area (Å²) in [5.41, 5.74) is 1.35. The number of thioether (sulfide) groups is 1. The lowest BCUT2D eigenvalue weighted by Gasteiger charge is -1.98. The highest BCUT2D eigenvalue weighted by molar-refractivity contribution is 8.00. The molecule has 15 heavy (non-hydrogen) atoms. The van der Waals surface area contributed by atoms with Crippen molar-refractivity contribution in [1.29, 1.82) is 0 Å². The third-order valence-electron chi connectivity index (χ3n) is 1.80. The molecular formula is C8H8N4O2S. The molecule has 0 atom stereocenters. The molecule has 2 heterocycles. The molecule has 0 aliphatic heterocycles. The van der Waals surface area contributed by atoms with Gasteiger partial charge in [0.05, 0.1) is 12.1 Å². The minimum absolute atomic E-state index is 0.0251. The van der Waals surface area contributed by atoms with Gasteiger partial charge in [0.1, 0.15) is 16.9 Å². The summed E-state index contributed by atoms with van der Waals surface area (Å²) < 4.78 is 1.77. The van der Waals surface area contributed by atoms with Crippen molar-refractivity contribution >= 4 is 28.9 Å². The highest BCUT2D eigenvalue weighted by atomic mass is 32.2. The van der Waals surface area contributed by atoms with Gasteiger partial charge in [-0.05, 0) is 0 Å². The standard InChI is InChI=1S/C8H8N4O2S/c1-12-4-11-6-7(12)9-3-10-8(6)15-2-5(13)14/h3-4H,2H2,1H3,(H,13,14). The third kappa shape index (κ3) is 1.91.